The molecule has 0 aliphatic heterocycles. The molecule has 4 heterocycles. The number of hydrogen-bond acceptors (Lipinski definition) is 5. The maximum Gasteiger partial charge on any atom is 0.278 e. The van der Waals surface area contributed by atoms with Crippen molar-refractivity contribution in [3.63, 3.8) is 0 Å². The quantitative estimate of drug-likeness (QED) is 0.417. The lowest BCUT2D eigenvalue weighted by Gasteiger charge is -2.11. The molecule has 4 rings (SSSR count). The number of rotatable bonds is 3. The van der Waals surface area contributed by atoms with Gasteiger partial charge in [-0.2, -0.15) is 0 Å². The lowest BCUT2D eigenvalue weighted by atomic mass is 10.1. The number of carbonyl (C=O) groups excluding carboxylic acids is 1. The zero-order valence-corrected chi connectivity index (χ0v) is 14.9. The van der Waals surface area contributed by atoms with E-state index in [1.165, 1.54) is 17.5 Å². The fourth-order valence-electron chi connectivity index (χ4n) is 3.09. The summed E-state index contributed by atoms with van der Waals surface area (Å²) in [5, 5.41) is 2.86. The van der Waals surface area contributed by atoms with Crippen LogP contribution in [-0.2, 0) is 6.54 Å². The van der Waals surface area contributed by atoms with Crippen LogP contribution in [-0.4, -0.2) is 22.3 Å². The number of nitrogen functional groups attached to an aromatic ring is 1. The minimum absolute atomic E-state index is 0.210. The predicted octanol–water partition coefficient (Wildman–Crippen LogP) is 1.03. The number of anilines is 1. The van der Waals surface area contributed by atoms with Crippen LogP contribution in [0.1, 0.15) is 21.7 Å². The highest BCUT2D eigenvalue weighted by molar-refractivity contribution is 6.00. The second kappa shape index (κ2) is 6.24. The average molecular weight is 364 g/mol. The van der Waals surface area contributed by atoms with Gasteiger partial charge < -0.3 is 15.5 Å². The Labute approximate surface area is 153 Å². The molecule has 136 valence electrons. The first-order valence-corrected chi connectivity index (χ1v) is 8.39. The third-order valence-electron chi connectivity index (χ3n) is 4.46. The van der Waals surface area contributed by atoms with Gasteiger partial charge >= 0.3 is 0 Å². The molecular formula is C19H18N5O3+. The van der Waals surface area contributed by atoms with E-state index < -0.39 is 0 Å². The minimum Gasteiger partial charge on any atom is -0.466 e. The molecule has 0 radical (unpaired) electrons. The number of pyridine rings is 2. The Balaban J connectivity index is 2.12. The van der Waals surface area contributed by atoms with Gasteiger partial charge in [-0.15, -0.1) is 0 Å². The third-order valence-corrected chi connectivity index (χ3v) is 4.46. The fraction of sp³-hybridized carbons (Fsp3) is 0.158. The molecule has 3 N–H and O–H groups in total. The second-order valence-electron chi connectivity index (χ2n) is 6.28. The zero-order valence-electron chi connectivity index (χ0n) is 14.9. The first-order chi connectivity index (χ1) is 13.0. The highest BCUT2D eigenvalue weighted by atomic mass is 16.3. The van der Waals surface area contributed by atoms with E-state index in [9.17, 15) is 9.59 Å². The second-order valence-corrected chi connectivity index (χ2v) is 6.28. The van der Waals surface area contributed by atoms with Crippen molar-refractivity contribution in [1.82, 2.24) is 14.7 Å². The van der Waals surface area contributed by atoms with E-state index in [1.807, 2.05) is 13.0 Å². The molecule has 8 heteroatoms. The predicted molar refractivity (Wildman–Crippen MR) is 99.5 cm³/mol. The van der Waals surface area contributed by atoms with E-state index in [0.717, 1.165) is 5.56 Å². The lowest BCUT2D eigenvalue weighted by Crippen LogP contribution is -2.43. The van der Waals surface area contributed by atoms with E-state index in [-0.39, 0.29) is 29.4 Å². The molecule has 4 aromatic heterocycles. The van der Waals surface area contributed by atoms with Crippen LogP contribution in [0.3, 0.4) is 0 Å². The van der Waals surface area contributed by atoms with E-state index in [2.05, 4.69) is 10.3 Å². The van der Waals surface area contributed by atoms with Gasteiger partial charge in [0.2, 0.25) is 11.5 Å². The van der Waals surface area contributed by atoms with Crippen molar-refractivity contribution in [2.24, 2.45) is 0 Å². The zero-order chi connectivity index (χ0) is 19.1. The molecule has 0 spiro atoms. The maximum absolute atomic E-state index is 13.1. The molecule has 4 aromatic rings. The van der Waals surface area contributed by atoms with Crippen LogP contribution >= 0.6 is 0 Å². The highest BCUT2D eigenvalue weighted by Crippen LogP contribution is 2.16. The van der Waals surface area contributed by atoms with Crippen molar-refractivity contribution >= 4 is 28.4 Å². The lowest BCUT2D eigenvalue weighted by molar-refractivity contribution is -0.651. The van der Waals surface area contributed by atoms with Crippen molar-refractivity contribution in [1.29, 1.82) is 0 Å². The summed E-state index contributed by atoms with van der Waals surface area (Å²) < 4.78 is 8.51. The van der Waals surface area contributed by atoms with Crippen LogP contribution in [0.15, 0.2) is 52.0 Å². The Kier molecular flexibility index (Phi) is 3.88. The average Bonchev–Trinajstić information content (AvgIpc) is 3.17. The largest absolute Gasteiger partial charge is 0.466 e. The summed E-state index contributed by atoms with van der Waals surface area (Å²) in [6, 6.07) is 8.70. The number of fused-ring (bicyclic) bond motifs is 2. The molecule has 0 saturated carbocycles. The highest BCUT2D eigenvalue weighted by Gasteiger charge is 2.24. The molecule has 0 atom stereocenters. The van der Waals surface area contributed by atoms with Gasteiger partial charge in [0.1, 0.15) is 23.3 Å². The van der Waals surface area contributed by atoms with Crippen molar-refractivity contribution in [3.8, 4) is 0 Å². The summed E-state index contributed by atoms with van der Waals surface area (Å²) in [6.07, 6.45) is 3.27. The van der Waals surface area contributed by atoms with Crippen LogP contribution in [0.5, 0.6) is 0 Å². The number of nitrogens with one attached hydrogen (secondary N) is 1. The summed E-state index contributed by atoms with van der Waals surface area (Å²) in [5.74, 6) is 0.464. The Morgan fingerprint density at radius 2 is 2.19 bits per heavy atom. The number of nitrogens with zero attached hydrogens (tertiary/aromatic N) is 3. The molecule has 0 aliphatic rings. The Morgan fingerprint density at radius 1 is 1.37 bits per heavy atom. The van der Waals surface area contributed by atoms with Gasteiger partial charge in [0, 0.05) is 13.2 Å². The van der Waals surface area contributed by atoms with Crippen LogP contribution in [0.4, 0.5) is 5.82 Å². The van der Waals surface area contributed by atoms with Crippen LogP contribution < -0.4 is 21.2 Å². The maximum atomic E-state index is 13.1. The van der Waals surface area contributed by atoms with Gasteiger partial charge in [-0.3, -0.25) is 14.0 Å². The van der Waals surface area contributed by atoms with Crippen molar-refractivity contribution in [3.05, 3.63) is 70.0 Å². The van der Waals surface area contributed by atoms with Crippen molar-refractivity contribution < 1.29 is 13.8 Å². The number of nitrogens with two attached hydrogens (primary N) is 1. The molecule has 27 heavy (non-hydrogen) atoms. The summed E-state index contributed by atoms with van der Waals surface area (Å²) >= 11 is 0. The van der Waals surface area contributed by atoms with Gasteiger partial charge in [-0.05, 0) is 36.8 Å². The van der Waals surface area contributed by atoms with Crippen LogP contribution in [0.25, 0.3) is 16.7 Å². The molecule has 0 bridgehead atoms. The molecule has 8 nitrogen and oxygen atoms in total. The third kappa shape index (κ3) is 2.71. The normalized spacial score (nSPS) is 11.2. The van der Waals surface area contributed by atoms with E-state index in [1.54, 1.807) is 35.2 Å². The molecule has 0 fully saturated rings. The number of furan rings is 1. The van der Waals surface area contributed by atoms with Gasteiger partial charge in [-0.1, -0.05) is 11.1 Å². The van der Waals surface area contributed by atoms with Gasteiger partial charge in [-0.25, -0.2) is 4.57 Å². The van der Waals surface area contributed by atoms with Gasteiger partial charge in [0.05, 0.1) is 6.26 Å². The van der Waals surface area contributed by atoms with Gasteiger partial charge in [0.25, 0.3) is 17.1 Å². The topological polar surface area (TPSA) is 107 Å². The molecular weight excluding hydrogens is 346 g/mol. The van der Waals surface area contributed by atoms with E-state index in [4.69, 9.17) is 10.2 Å². The number of carbonyl (C=O) groups is 1. The number of hydrogen-bond donors (Lipinski definition) is 2. The number of aromatic nitrogens is 3. The van der Waals surface area contributed by atoms with E-state index in [0.29, 0.717) is 22.4 Å². The smallest absolute Gasteiger partial charge is 0.278 e. The number of amides is 1. The summed E-state index contributed by atoms with van der Waals surface area (Å²) in [4.78, 5) is 30.0. The summed E-state index contributed by atoms with van der Waals surface area (Å²) in [6.45, 7) is 2.14. The Bertz CT molecular complexity index is 1240. The van der Waals surface area contributed by atoms with E-state index >= 15 is 0 Å². The SMILES string of the molecule is CNC(=O)c1cc2c(=O)n3cc(C)ccc3nc2[n+](Cc2ccco2)c1N. The molecule has 0 aliphatic carbocycles. The Hall–Kier alpha value is -3.68. The first-order valence-electron chi connectivity index (χ1n) is 8.39. The summed E-state index contributed by atoms with van der Waals surface area (Å²) in [5.41, 5.74) is 8.04. The summed E-state index contributed by atoms with van der Waals surface area (Å²) in [7, 11) is 1.51. The van der Waals surface area contributed by atoms with Gasteiger partial charge in [0.15, 0.2) is 0 Å². The fourth-order valence-corrected chi connectivity index (χ4v) is 3.09. The van der Waals surface area contributed by atoms with Crippen LogP contribution in [0.2, 0.25) is 0 Å². The monoisotopic (exact) mass is 364 g/mol. The van der Waals surface area contributed by atoms with Crippen molar-refractivity contribution in [2.45, 2.75) is 13.5 Å². The standard InChI is InChI=1S/C19H17N5O3/c1-11-5-6-15-22-17-14(19(26)23(15)9-11)8-13(18(25)21-2)16(20)24(17)10-12-4-3-7-27-12/h3-9,20H,10H2,1-2H3,(H,21,25)/p+1. The minimum atomic E-state index is -0.378. The van der Waals surface area contributed by atoms with Crippen LogP contribution in [0, 0.1) is 6.92 Å². The van der Waals surface area contributed by atoms with Crippen molar-refractivity contribution in [2.75, 3.05) is 12.8 Å². The molecule has 0 saturated heterocycles. The molecule has 1 amide bonds. The first kappa shape index (κ1) is 16.8. The molecule has 0 aromatic carbocycles. The molecule has 0 unspecified atom stereocenters. The number of aryl methyl sites for hydroxylation is 1. The Morgan fingerprint density at radius 3 is 2.89 bits per heavy atom.